The summed E-state index contributed by atoms with van der Waals surface area (Å²) in [5.41, 5.74) is -0.232. The number of carbonyl (C=O) groups excluding carboxylic acids is 2. The van der Waals surface area contributed by atoms with Gasteiger partial charge in [0.05, 0.1) is 33.9 Å². The summed E-state index contributed by atoms with van der Waals surface area (Å²) in [4.78, 5) is 27.8. The lowest BCUT2D eigenvalue weighted by Crippen LogP contribution is -2.33. The fourth-order valence-corrected chi connectivity index (χ4v) is 6.26. The van der Waals surface area contributed by atoms with Crippen LogP contribution in [-0.4, -0.2) is 37.5 Å². The SMILES string of the molecule is Cc1ccc(N(c2ccc(N(c3ccc(C)cc3)S(=O)(=O)O)c3c2C(=O)c2ccccc2C3=O)S(=O)(=O)O)cc1. The number of carbonyl (C=O) groups is 2. The number of fused-ring (bicyclic) bond motifs is 2. The summed E-state index contributed by atoms with van der Waals surface area (Å²) in [5, 5.41) is 0. The smallest absolute Gasteiger partial charge is 0.288 e. The van der Waals surface area contributed by atoms with Crippen molar-refractivity contribution in [3.8, 4) is 0 Å². The van der Waals surface area contributed by atoms with Crippen molar-refractivity contribution in [2.45, 2.75) is 13.8 Å². The first kappa shape index (κ1) is 27.2. The zero-order chi connectivity index (χ0) is 29.0. The molecule has 12 heteroatoms. The molecule has 4 aromatic rings. The molecular formula is C28H22N2O8S2. The Bertz CT molecular complexity index is 1760. The van der Waals surface area contributed by atoms with Crippen molar-refractivity contribution < 1.29 is 35.5 Å². The topological polar surface area (TPSA) is 149 Å². The number of benzene rings is 4. The van der Waals surface area contributed by atoms with E-state index in [0.29, 0.717) is 8.61 Å². The first-order valence-electron chi connectivity index (χ1n) is 11.8. The minimum atomic E-state index is -5.07. The predicted molar refractivity (Wildman–Crippen MR) is 149 cm³/mol. The summed E-state index contributed by atoms with van der Waals surface area (Å²) >= 11 is 0. The molecule has 0 aromatic heterocycles. The average Bonchev–Trinajstić information content (AvgIpc) is 2.89. The summed E-state index contributed by atoms with van der Waals surface area (Å²) in [6, 6.07) is 20.0. The predicted octanol–water partition coefficient (Wildman–Crippen LogP) is 4.96. The molecule has 0 unspecified atom stereocenters. The van der Waals surface area contributed by atoms with E-state index < -0.39 is 43.3 Å². The van der Waals surface area contributed by atoms with E-state index >= 15 is 0 Å². The van der Waals surface area contributed by atoms with Crippen LogP contribution in [0.3, 0.4) is 0 Å². The van der Waals surface area contributed by atoms with Crippen LogP contribution in [0.5, 0.6) is 0 Å². The molecule has 0 aliphatic heterocycles. The van der Waals surface area contributed by atoms with Gasteiger partial charge in [-0.05, 0) is 50.2 Å². The summed E-state index contributed by atoms with van der Waals surface area (Å²) in [6.07, 6.45) is 0. The molecule has 0 bridgehead atoms. The number of hydrogen-bond donors (Lipinski definition) is 2. The van der Waals surface area contributed by atoms with Crippen LogP contribution in [0.15, 0.2) is 84.9 Å². The second-order valence-corrected chi connectivity index (χ2v) is 11.7. The molecule has 0 saturated heterocycles. The van der Waals surface area contributed by atoms with Crippen molar-refractivity contribution in [1.29, 1.82) is 0 Å². The van der Waals surface area contributed by atoms with Crippen molar-refractivity contribution >= 4 is 54.9 Å². The van der Waals surface area contributed by atoms with Crippen molar-refractivity contribution in [2.24, 2.45) is 0 Å². The largest absolute Gasteiger partial charge is 0.364 e. The molecule has 40 heavy (non-hydrogen) atoms. The number of ketones is 2. The van der Waals surface area contributed by atoms with Gasteiger partial charge < -0.3 is 0 Å². The van der Waals surface area contributed by atoms with Gasteiger partial charge in [-0.2, -0.15) is 16.8 Å². The molecule has 1 aliphatic rings. The summed E-state index contributed by atoms with van der Waals surface area (Å²) in [6.45, 7) is 3.54. The van der Waals surface area contributed by atoms with Crippen LogP contribution < -0.4 is 8.61 Å². The summed E-state index contributed by atoms with van der Waals surface area (Å²) in [7, 11) is -10.1. The van der Waals surface area contributed by atoms with E-state index in [2.05, 4.69) is 0 Å². The van der Waals surface area contributed by atoms with Gasteiger partial charge >= 0.3 is 20.6 Å². The Morgan fingerprint density at radius 3 is 1.15 bits per heavy atom. The van der Waals surface area contributed by atoms with E-state index in [1.807, 2.05) is 0 Å². The molecule has 2 N–H and O–H groups in total. The van der Waals surface area contributed by atoms with E-state index in [1.165, 1.54) is 48.5 Å². The first-order valence-corrected chi connectivity index (χ1v) is 14.6. The van der Waals surface area contributed by atoms with E-state index in [4.69, 9.17) is 0 Å². The fourth-order valence-electron chi connectivity index (χ4n) is 4.68. The highest BCUT2D eigenvalue weighted by molar-refractivity contribution is 7.88. The second-order valence-electron chi connectivity index (χ2n) is 9.21. The highest BCUT2D eigenvalue weighted by Crippen LogP contribution is 2.44. The van der Waals surface area contributed by atoms with Gasteiger partial charge in [0.2, 0.25) is 0 Å². The molecule has 0 fully saturated rings. The maximum absolute atomic E-state index is 13.9. The number of rotatable bonds is 6. The first-order chi connectivity index (χ1) is 18.8. The van der Waals surface area contributed by atoms with E-state index in [1.54, 1.807) is 38.1 Å². The molecule has 4 aromatic carbocycles. The Balaban J connectivity index is 1.89. The maximum atomic E-state index is 13.9. The van der Waals surface area contributed by atoms with Crippen molar-refractivity contribution in [2.75, 3.05) is 8.61 Å². The lowest BCUT2D eigenvalue weighted by atomic mass is 9.82. The lowest BCUT2D eigenvalue weighted by Gasteiger charge is -2.31. The van der Waals surface area contributed by atoms with Crippen LogP contribution in [0.25, 0.3) is 0 Å². The van der Waals surface area contributed by atoms with Gasteiger partial charge in [-0.15, -0.1) is 0 Å². The standard InChI is InChI=1S/C28H22N2O8S2/c1-17-7-11-19(12-8-17)29(39(33,34)35)23-15-16-24(30(40(36,37)38)20-13-9-18(2)10-14-20)26-25(23)27(31)21-5-3-4-6-22(21)28(26)32/h3-16H,1-2H3,(H,33,34,35)(H,36,37,38). The fraction of sp³-hybridized carbons (Fsp3) is 0.0714. The van der Waals surface area contributed by atoms with Crippen molar-refractivity contribution in [3.63, 3.8) is 0 Å². The molecule has 5 rings (SSSR count). The molecule has 0 atom stereocenters. The van der Waals surface area contributed by atoms with E-state index in [-0.39, 0.29) is 33.9 Å². The third-order valence-corrected chi connectivity index (χ3v) is 8.21. The molecule has 1 aliphatic carbocycles. The average molecular weight is 579 g/mol. The molecule has 204 valence electrons. The molecule has 0 heterocycles. The minimum Gasteiger partial charge on any atom is -0.288 e. The van der Waals surface area contributed by atoms with Crippen LogP contribution >= 0.6 is 0 Å². The highest BCUT2D eigenvalue weighted by Gasteiger charge is 2.40. The third-order valence-electron chi connectivity index (χ3n) is 6.47. The summed E-state index contributed by atoms with van der Waals surface area (Å²) < 4.78 is 72.4. The monoisotopic (exact) mass is 578 g/mol. The van der Waals surface area contributed by atoms with Gasteiger partial charge in [-0.3, -0.25) is 18.7 Å². The molecule has 0 amide bonds. The number of nitrogens with zero attached hydrogens (tertiary/aromatic N) is 2. The van der Waals surface area contributed by atoms with Gasteiger partial charge in [0.15, 0.2) is 11.6 Å². The number of aryl methyl sites for hydroxylation is 2. The Morgan fingerprint density at radius 1 is 0.525 bits per heavy atom. The highest BCUT2D eigenvalue weighted by atomic mass is 32.2. The normalized spacial score (nSPS) is 13.0. The van der Waals surface area contributed by atoms with Crippen LogP contribution in [0.2, 0.25) is 0 Å². The quantitative estimate of drug-likeness (QED) is 0.269. The van der Waals surface area contributed by atoms with Gasteiger partial charge in [-0.25, -0.2) is 8.61 Å². The zero-order valence-corrected chi connectivity index (χ0v) is 22.8. The Morgan fingerprint density at radius 2 is 0.850 bits per heavy atom. The lowest BCUT2D eigenvalue weighted by molar-refractivity contribution is 0.0980. The van der Waals surface area contributed by atoms with Crippen LogP contribution in [0.1, 0.15) is 43.0 Å². The molecule has 0 saturated carbocycles. The van der Waals surface area contributed by atoms with Crippen molar-refractivity contribution in [3.05, 3.63) is 118 Å². The van der Waals surface area contributed by atoms with E-state index in [0.717, 1.165) is 23.3 Å². The second kappa shape index (κ2) is 9.68. The minimum absolute atomic E-state index is 0.0349. The molecular weight excluding hydrogens is 556 g/mol. The molecule has 0 radical (unpaired) electrons. The van der Waals surface area contributed by atoms with Crippen LogP contribution in [-0.2, 0) is 20.6 Å². The van der Waals surface area contributed by atoms with Crippen LogP contribution in [0.4, 0.5) is 22.7 Å². The third kappa shape index (κ3) is 4.67. The van der Waals surface area contributed by atoms with Gasteiger partial charge in [-0.1, -0.05) is 59.7 Å². The van der Waals surface area contributed by atoms with E-state index in [9.17, 15) is 35.5 Å². The Kier molecular flexibility index (Phi) is 6.59. The Labute approximate surface area is 230 Å². The number of anilines is 4. The van der Waals surface area contributed by atoms with Gasteiger partial charge in [0, 0.05) is 11.1 Å². The molecule has 10 nitrogen and oxygen atoms in total. The van der Waals surface area contributed by atoms with Gasteiger partial charge in [0.25, 0.3) is 0 Å². The zero-order valence-electron chi connectivity index (χ0n) is 21.1. The summed E-state index contributed by atoms with van der Waals surface area (Å²) in [5.74, 6) is -1.55. The van der Waals surface area contributed by atoms with Crippen LogP contribution in [0, 0.1) is 13.8 Å². The number of hydrogen-bond acceptors (Lipinski definition) is 6. The Hall–Kier alpha value is -4.36. The molecule has 0 spiro atoms. The van der Waals surface area contributed by atoms with Crippen molar-refractivity contribution in [1.82, 2.24) is 0 Å². The van der Waals surface area contributed by atoms with Gasteiger partial charge in [0.1, 0.15) is 0 Å². The maximum Gasteiger partial charge on any atom is 0.364 e.